The summed E-state index contributed by atoms with van der Waals surface area (Å²) in [5, 5.41) is -0.000601. The zero-order valence-corrected chi connectivity index (χ0v) is 22.5. The van der Waals surface area contributed by atoms with Crippen LogP contribution in [0.15, 0.2) is 11.6 Å². The first-order valence-corrected chi connectivity index (χ1v) is 14.0. The monoisotopic (exact) mass is 456 g/mol. The second-order valence-corrected chi connectivity index (χ2v) is 15.6. The van der Waals surface area contributed by atoms with E-state index in [0.29, 0.717) is 12.8 Å². The number of carbonyl (C=O) groups is 3. The van der Waals surface area contributed by atoms with Crippen molar-refractivity contribution in [3.8, 4) is 0 Å². The normalized spacial score (nSPS) is 15.3. The van der Waals surface area contributed by atoms with Crippen molar-refractivity contribution in [2.45, 2.75) is 111 Å². The Morgan fingerprint density at radius 2 is 1.55 bits per heavy atom. The maximum atomic E-state index is 12.9. The third kappa shape index (κ3) is 12.2. The van der Waals surface area contributed by atoms with Crippen LogP contribution in [0.1, 0.15) is 81.6 Å². The summed E-state index contributed by atoms with van der Waals surface area (Å²) in [5.41, 5.74) is 0.443. The number of Topliss-reactive ketones (excluding diaryl/α,β-unsaturated/α-hetero) is 1. The highest BCUT2D eigenvalue weighted by molar-refractivity contribution is 6.74. The van der Waals surface area contributed by atoms with Crippen molar-refractivity contribution < 1.29 is 28.3 Å². The van der Waals surface area contributed by atoms with Gasteiger partial charge < -0.3 is 13.9 Å². The largest absolute Gasteiger partial charge is 0.462 e. The van der Waals surface area contributed by atoms with Gasteiger partial charge in [-0.3, -0.25) is 14.4 Å². The average Bonchev–Trinajstić information content (AvgIpc) is 2.54. The van der Waals surface area contributed by atoms with E-state index in [-0.39, 0.29) is 35.9 Å². The minimum Gasteiger partial charge on any atom is -0.462 e. The molecule has 0 bridgehead atoms. The summed E-state index contributed by atoms with van der Waals surface area (Å²) in [4.78, 5) is 36.0. The molecule has 0 saturated heterocycles. The average molecular weight is 457 g/mol. The molecule has 0 aromatic carbocycles. The van der Waals surface area contributed by atoms with Crippen LogP contribution in [0.3, 0.4) is 0 Å². The second-order valence-electron chi connectivity index (χ2n) is 10.8. The van der Waals surface area contributed by atoms with Crippen molar-refractivity contribution in [3.05, 3.63) is 11.6 Å². The number of allylic oxidation sites excluding steroid dienone is 1. The van der Waals surface area contributed by atoms with Gasteiger partial charge in [-0.2, -0.15) is 0 Å². The van der Waals surface area contributed by atoms with Crippen molar-refractivity contribution >= 4 is 26.0 Å². The molecule has 7 heteroatoms. The van der Waals surface area contributed by atoms with Crippen LogP contribution in [0.2, 0.25) is 18.1 Å². The molecule has 0 unspecified atom stereocenters. The maximum absolute atomic E-state index is 12.9. The smallest absolute Gasteiger partial charge is 0.313 e. The van der Waals surface area contributed by atoms with Crippen LogP contribution in [-0.2, 0) is 28.3 Å². The molecule has 0 saturated carbocycles. The molecule has 0 rings (SSSR count). The van der Waals surface area contributed by atoms with Crippen LogP contribution >= 0.6 is 0 Å². The molecular formula is C24H44O6Si. The number of rotatable bonds is 11. The molecule has 0 aliphatic rings. The number of esters is 2. The van der Waals surface area contributed by atoms with Crippen molar-refractivity contribution in [3.63, 3.8) is 0 Å². The van der Waals surface area contributed by atoms with Crippen molar-refractivity contribution in [2.24, 2.45) is 5.92 Å². The minimum atomic E-state index is -2.12. The van der Waals surface area contributed by atoms with Crippen molar-refractivity contribution in [1.82, 2.24) is 0 Å². The van der Waals surface area contributed by atoms with E-state index >= 15 is 0 Å². The third-order valence-corrected chi connectivity index (χ3v) is 10.1. The fraction of sp³-hybridized carbons (Fsp3) is 0.792. The maximum Gasteiger partial charge on any atom is 0.313 e. The Labute approximate surface area is 190 Å². The highest BCUT2D eigenvalue weighted by Gasteiger charge is 2.41. The molecule has 0 aromatic heterocycles. The van der Waals surface area contributed by atoms with Gasteiger partial charge in [0.05, 0.1) is 6.10 Å². The molecule has 6 nitrogen and oxygen atoms in total. The van der Waals surface area contributed by atoms with Crippen LogP contribution < -0.4 is 0 Å². The molecular weight excluding hydrogens is 412 g/mol. The molecule has 0 aromatic rings. The van der Waals surface area contributed by atoms with Gasteiger partial charge in [0.25, 0.3) is 0 Å². The Morgan fingerprint density at radius 3 is 2.00 bits per heavy atom. The standard InChI is InChI=1S/C24H44O6Si/c1-17(14-15-28-19(3)25)12-13-21(30-31(10,11)24(7,8)9)18(2)20(26)16-22(27)29-23(4,5)6/h14,18,21H,12-13,15-16H2,1-11H3/b17-14+/t18-,21-/m0/s1. The fourth-order valence-corrected chi connectivity index (χ4v) is 4.06. The Morgan fingerprint density at radius 1 is 1.00 bits per heavy atom. The Kier molecular flexibility index (Phi) is 11.4. The molecule has 0 heterocycles. The molecule has 0 N–H and O–H groups in total. The predicted molar refractivity (Wildman–Crippen MR) is 126 cm³/mol. The second kappa shape index (κ2) is 12.0. The van der Waals surface area contributed by atoms with Crippen molar-refractivity contribution in [1.29, 1.82) is 0 Å². The van der Waals surface area contributed by atoms with Crippen LogP contribution in [0.4, 0.5) is 0 Å². The fourth-order valence-electron chi connectivity index (χ4n) is 2.63. The highest BCUT2D eigenvalue weighted by atomic mass is 28.4. The van der Waals surface area contributed by atoms with Gasteiger partial charge in [0, 0.05) is 12.8 Å². The summed E-state index contributed by atoms with van der Waals surface area (Å²) in [7, 11) is -2.12. The van der Waals surface area contributed by atoms with Gasteiger partial charge in [-0.05, 0) is 64.7 Å². The van der Waals surface area contributed by atoms with E-state index in [1.807, 2.05) is 19.9 Å². The SMILES string of the molecule is CC(=O)OC/C=C(\C)CC[C@H](O[Si](C)(C)C(C)(C)C)[C@@H](C)C(=O)CC(=O)OC(C)(C)C. The first-order valence-electron chi connectivity index (χ1n) is 11.1. The summed E-state index contributed by atoms with van der Waals surface area (Å²) in [6.07, 6.45) is 2.68. The summed E-state index contributed by atoms with van der Waals surface area (Å²) in [5.74, 6) is -1.42. The quantitative estimate of drug-likeness (QED) is 0.174. The lowest BCUT2D eigenvalue weighted by atomic mass is 9.93. The van der Waals surface area contributed by atoms with Crippen LogP contribution in [0.5, 0.6) is 0 Å². The highest BCUT2D eigenvalue weighted by Crippen LogP contribution is 2.39. The molecule has 0 fully saturated rings. The number of ether oxygens (including phenoxy) is 2. The molecule has 31 heavy (non-hydrogen) atoms. The van der Waals surface area contributed by atoms with Gasteiger partial charge in [0.15, 0.2) is 8.32 Å². The molecule has 180 valence electrons. The Bertz CT molecular complexity index is 652. The summed E-state index contributed by atoms with van der Waals surface area (Å²) in [6.45, 7) is 21.6. The molecule has 0 spiro atoms. The number of carbonyl (C=O) groups excluding carboxylic acids is 3. The van der Waals surface area contributed by atoms with Gasteiger partial charge in [-0.15, -0.1) is 0 Å². The molecule has 0 amide bonds. The molecule has 0 radical (unpaired) electrons. The van der Waals surface area contributed by atoms with Crippen LogP contribution in [0, 0.1) is 5.92 Å². The van der Waals surface area contributed by atoms with E-state index in [0.717, 1.165) is 5.57 Å². The van der Waals surface area contributed by atoms with E-state index < -0.39 is 25.8 Å². The lowest BCUT2D eigenvalue weighted by molar-refractivity contribution is -0.157. The topological polar surface area (TPSA) is 78.9 Å². The lowest BCUT2D eigenvalue weighted by Crippen LogP contribution is -2.46. The van der Waals surface area contributed by atoms with Crippen molar-refractivity contribution in [2.75, 3.05) is 6.61 Å². The Hall–Kier alpha value is -1.47. The number of hydrogen-bond acceptors (Lipinski definition) is 6. The first kappa shape index (κ1) is 29.5. The zero-order chi connectivity index (χ0) is 24.6. The van der Waals surface area contributed by atoms with E-state index in [2.05, 4.69) is 33.9 Å². The summed E-state index contributed by atoms with van der Waals surface area (Å²) < 4.78 is 16.9. The predicted octanol–water partition coefficient (Wildman–Crippen LogP) is 5.60. The molecule has 0 aliphatic carbocycles. The van der Waals surface area contributed by atoms with Crippen LogP contribution in [0.25, 0.3) is 0 Å². The minimum absolute atomic E-state index is 0.000601. The third-order valence-electron chi connectivity index (χ3n) is 5.60. The van der Waals surface area contributed by atoms with E-state index in [1.54, 1.807) is 20.8 Å². The zero-order valence-electron chi connectivity index (χ0n) is 21.5. The van der Waals surface area contributed by atoms with Gasteiger partial charge in [-0.1, -0.05) is 33.3 Å². The number of ketones is 1. The summed E-state index contributed by atoms with van der Waals surface area (Å²) >= 11 is 0. The van der Waals surface area contributed by atoms with E-state index in [9.17, 15) is 14.4 Å². The summed E-state index contributed by atoms with van der Waals surface area (Å²) in [6, 6.07) is 0. The van der Waals surface area contributed by atoms with E-state index in [1.165, 1.54) is 6.92 Å². The van der Waals surface area contributed by atoms with Gasteiger partial charge in [-0.25, -0.2) is 0 Å². The first-order chi connectivity index (χ1) is 13.9. The van der Waals surface area contributed by atoms with Gasteiger partial charge in [0.2, 0.25) is 0 Å². The number of hydrogen-bond donors (Lipinski definition) is 0. The van der Waals surface area contributed by atoms with Gasteiger partial charge >= 0.3 is 11.9 Å². The van der Waals surface area contributed by atoms with Gasteiger partial charge in [0.1, 0.15) is 24.4 Å². The van der Waals surface area contributed by atoms with E-state index in [4.69, 9.17) is 13.9 Å². The van der Waals surface area contributed by atoms with Crippen LogP contribution in [-0.4, -0.2) is 44.4 Å². The molecule has 2 atom stereocenters. The lowest BCUT2D eigenvalue weighted by Gasteiger charge is -2.40. The molecule has 0 aliphatic heterocycles. The Balaban J connectivity index is 5.35.